The van der Waals surface area contributed by atoms with Gasteiger partial charge in [0.15, 0.2) is 0 Å². The van der Waals surface area contributed by atoms with Crippen LogP contribution in [0.5, 0.6) is 0 Å². The van der Waals surface area contributed by atoms with Gasteiger partial charge >= 0.3 is 0 Å². The first-order chi connectivity index (χ1) is 10.2. The van der Waals surface area contributed by atoms with Crippen molar-refractivity contribution in [2.45, 2.75) is 13.5 Å². The lowest BCUT2D eigenvalue weighted by molar-refractivity contribution is 0.0953. The summed E-state index contributed by atoms with van der Waals surface area (Å²) in [4.78, 5) is 15.8. The molecular weight excluding hydrogens is 262 g/mol. The number of nitrogens with one attached hydrogen (secondary N) is 2. The van der Waals surface area contributed by atoms with Gasteiger partial charge in [0, 0.05) is 13.1 Å². The van der Waals surface area contributed by atoms with Gasteiger partial charge in [-0.25, -0.2) is 4.98 Å². The first-order valence-electron chi connectivity index (χ1n) is 6.83. The summed E-state index contributed by atoms with van der Waals surface area (Å²) in [5, 5.41) is 5.97. The lowest BCUT2D eigenvalue weighted by Gasteiger charge is -2.07. The van der Waals surface area contributed by atoms with Crippen molar-refractivity contribution < 1.29 is 4.79 Å². The smallest absolute Gasteiger partial charge is 0.270 e. The van der Waals surface area contributed by atoms with Gasteiger partial charge in [-0.15, -0.1) is 6.58 Å². The number of benzene rings is 1. The van der Waals surface area contributed by atoms with Crippen LogP contribution < -0.4 is 10.6 Å². The van der Waals surface area contributed by atoms with E-state index in [4.69, 9.17) is 0 Å². The van der Waals surface area contributed by atoms with Gasteiger partial charge in [0.05, 0.1) is 11.9 Å². The average molecular weight is 281 g/mol. The zero-order valence-electron chi connectivity index (χ0n) is 12.1. The topological polar surface area (TPSA) is 54.0 Å². The fraction of sp³-hybridized carbons (Fsp3) is 0.176. The molecule has 0 unspecified atom stereocenters. The van der Waals surface area contributed by atoms with E-state index in [1.54, 1.807) is 18.3 Å². The Balaban J connectivity index is 1.91. The van der Waals surface area contributed by atoms with Crippen molar-refractivity contribution in [3.05, 3.63) is 72.1 Å². The van der Waals surface area contributed by atoms with Crippen LogP contribution in [0.1, 0.15) is 21.6 Å². The van der Waals surface area contributed by atoms with Crippen molar-refractivity contribution in [1.82, 2.24) is 10.3 Å². The van der Waals surface area contributed by atoms with Gasteiger partial charge in [-0.2, -0.15) is 0 Å². The number of aromatic nitrogens is 1. The fourth-order valence-corrected chi connectivity index (χ4v) is 1.80. The molecule has 0 saturated carbocycles. The normalized spacial score (nSPS) is 9.95. The highest BCUT2D eigenvalue weighted by atomic mass is 16.1. The molecule has 2 N–H and O–H groups in total. The molecular formula is C17H19N3O. The number of pyridine rings is 1. The third-order valence-corrected chi connectivity index (χ3v) is 3.02. The average Bonchev–Trinajstić information content (AvgIpc) is 2.52. The molecule has 0 aliphatic carbocycles. The number of hydrogen-bond donors (Lipinski definition) is 2. The minimum atomic E-state index is -0.194. The van der Waals surface area contributed by atoms with Gasteiger partial charge in [0.2, 0.25) is 0 Å². The molecule has 0 atom stereocenters. The van der Waals surface area contributed by atoms with Crippen LogP contribution in [-0.2, 0) is 6.54 Å². The van der Waals surface area contributed by atoms with Crippen LogP contribution in [0.25, 0.3) is 0 Å². The van der Waals surface area contributed by atoms with Crippen molar-refractivity contribution in [3.63, 3.8) is 0 Å². The van der Waals surface area contributed by atoms with E-state index in [1.165, 1.54) is 11.1 Å². The number of hydrogen-bond acceptors (Lipinski definition) is 3. The summed E-state index contributed by atoms with van der Waals surface area (Å²) in [6.45, 7) is 6.79. The summed E-state index contributed by atoms with van der Waals surface area (Å²) < 4.78 is 0. The monoisotopic (exact) mass is 281 g/mol. The summed E-state index contributed by atoms with van der Waals surface area (Å²) >= 11 is 0. The number of carbonyl (C=O) groups is 1. The fourth-order valence-electron chi connectivity index (χ4n) is 1.80. The molecule has 21 heavy (non-hydrogen) atoms. The summed E-state index contributed by atoms with van der Waals surface area (Å²) in [6, 6.07) is 11.9. The molecule has 0 aliphatic rings. The number of rotatable bonds is 6. The summed E-state index contributed by atoms with van der Waals surface area (Å²) in [6.07, 6.45) is 3.30. The Morgan fingerprint density at radius 3 is 2.62 bits per heavy atom. The second-order valence-corrected chi connectivity index (χ2v) is 4.77. The summed E-state index contributed by atoms with van der Waals surface area (Å²) in [5.41, 5.74) is 3.73. The van der Waals surface area contributed by atoms with Gasteiger partial charge in [0.1, 0.15) is 5.69 Å². The molecule has 1 aromatic heterocycles. The summed E-state index contributed by atoms with van der Waals surface area (Å²) in [7, 11) is 0. The van der Waals surface area contributed by atoms with E-state index >= 15 is 0 Å². The Bertz CT molecular complexity index is 603. The van der Waals surface area contributed by atoms with E-state index in [1.807, 2.05) is 6.07 Å². The van der Waals surface area contributed by atoms with Crippen LogP contribution in [0.2, 0.25) is 0 Å². The van der Waals surface area contributed by atoms with E-state index in [-0.39, 0.29) is 5.91 Å². The van der Waals surface area contributed by atoms with E-state index in [0.29, 0.717) is 12.2 Å². The first-order valence-corrected chi connectivity index (χ1v) is 6.83. The molecule has 0 radical (unpaired) electrons. The van der Waals surface area contributed by atoms with Crippen LogP contribution in [-0.4, -0.2) is 17.4 Å². The van der Waals surface area contributed by atoms with Gasteiger partial charge < -0.3 is 10.6 Å². The highest BCUT2D eigenvalue weighted by Crippen LogP contribution is 2.09. The minimum absolute atomic E-state index is 0.194. The van der Waals surface area contributed by atoms with E-state index in [2.05, 4.69) is 53.4 Å². The quantitative estimate of drug-likeness (QED) is 0.800. The minimum Gasteiger partial charge on any atom is -0.380 e. The first kappa shape index (κ1) is 14.8. The highest BCUT2D eigenvalue weighted by Gasteiger charge is 2.05. The van der Waals surface area contributed by atoms with Crippen LogP contribution in [0.15, 0.2) is 55.3 Å². The Kier molecular flexibility index (Phi) is 5.10. The molecule has 0 spiro atoms. The Labute approximate surface area is 124 Å². The SMILES string of the molecule is C=CCNC(=O)c1ccc(NCc2ccc(C)cc2)cn1. The molecule has 2 aromatic rings. The molecule has 1 heterocycles. The second kappa shape index (κ2) is 7.24. The van der Waals surface area contributed by atoms with Gasteiger partial charge in [-0.1, -0.05) is 35.9 Å². The molecule has 0 bridgehead atoms. The lowest BCUT2D eigenvalue weighted by Crippen LogP contribution is -2.24. The summed E-state index contributed by atoms with van der Waals surface area (Å²) in [5.74, 6) is -0.194. The number of nitrogens with zero attached hydrogens (tertiary/aromatic N) is 1. The van der Waals surface area contributed by atoms with Crippen molar-refractivity contribution in [2.24, 2.45) is 0 Å². The molecule has 0 aliphatic heterocycles. The molecule has 1 amide bonds. The van der Waals surface area contributed by atoms with Crippen molar-refractivity contribution in [3.8, 4) is 0 Å². The van der Waals surface area contributed by atoms with Crippen LogP contribution in [0.3, 0.4) is 0 Å². The van der Waals surface area contributed by atoms with Crippen molar-refractivity contribution >= 4 is 11.6 Å². The van der Waals surface area contributed by atoms with Gasteiger partial charge in [0.25, 0.3) is 5.91 Å². The van der Waals surface area contributed by atoms with E-state index in [9.17, 15) is 4.79 Å². The zero-order valence-corrected chi connectivity index (χ0v) is 12.1. The predicted octanol–water partition coefficient (Wildman–Crippen LogP) is 2.92. The number of aryl methyl sites for hydroxylation is 1. The number of carbonyl (C=O) groups excluding carboxylic acids is 1. The third-order valence-electron chi connectivity index (χ3n) is 3.02. The van der Waals surface area contributed by atoms with Crippen LogP contribution >= 0.6 is 0 Å². The number of anilines is 1. The third kappa shape index (κ3) is 4.45. The van der Waals surface area contributed by atoms with Crippen LogP contribution in [0.4, 0.5) is 5.69 Å². The second-order valence-electron chi connectivity index (χ2n) is 4.77. The predicted molar refractivity (Wildman–Crippen MR) is 85.3 cm³/mol. The Morgan fingerprint density at radius 1 is 1.24 bits per heavy atom. The highest BCUT2D eigenvalue weighted by molar-refractivity contribution is 5.92. The van der Waals surface area contributed by atoms with Gasteiger partial charge in [-0.3, -0.25) is 4.79 Å². The van der Waals surface area contributed by atoms with Crippen LogP contribution in [0, 0.1) is 6.92 Å². The van der Waals surface area contributed by atoms with E-state index < -0.39 is 0 Å². The maximum absolute atomic E-state index is 11.7. The standard InChI is InChI=1S/C17H19N3O/c1-3-10-18-17(21)16-9-8-15(12-20-16)19-11-14-6-4-13(2)5-7-14/h3-9,12,19H,1,10-11H2,2H3,(H,18,21). The zero-order chi connectivity index (χ0) is 15.1. The maximum atomic E-state index is 11.7. The molecule has 0 saturated heterocycles. The molecule has 1 aromatic carbocycles. The number of amides is 1. The van der Waals surface area contributed by atoms with E-state index in [0.717, 1.165) is 12.2 Å². The Morgan fingerprint density at radius 2 is 2.00 bits per heavy atom. The Hall–Kier alpha value is -2.62. The molecule has 4 heteroatoms. The molecule has 0 fully saturated rings. The molecule has 2 rings (SSSR count). The van der Waals surface area contributed by atoms with Gasteiger partial charge in [-0.05, 0) is 24.6 Å². The maximum Gasteiger partial charge on any atom is 0.270 e. The molecule has 4 nitrogen and oxygen atoms in total. The van der Waals surface area contributed by atoms with Crippen molar-refractivity contribution in [1.29, 1.82) is 0 Å². The lowest BCUT2D eigenvalue weighted by atomic mass is 10.1. The largest absolute Gasteiger partial charge is 0.380 e. The molecule has 108 valence electrons. The van der Waals surface area contributed by atoms with Crippen molar-refractivity contribution in [2.75, 3.05) is 11.9 Å².